The zero-order valence-electron chi connectivity index (χ0n) is 38.1. The van der Waals surface area contributed by atoms with Gasteiger partial charge in [-0.2, -0.15) is 0 Å². The van der Waals surface area contributed by atoms with Crippen molar-refractivity contribution in [1.29, 1.82) is 0 Å². The number of hydrogen-bond acceptors (Lipinski definition) is 8. The summed E-state index contributed by atoms with van der Waals surface area (Å²) >= 11 is 0. The molecule has 3 atom stereocenters. The van der Waals surface area contributed by atoms with Gasteiger partial charge in [-0.1, -0.05) is 158 Å². The second-order valence-electron chi connectivity index (χ2n) is 16.6. The van der Waals surface area contributed by atoms with Crippen molar-refractivity contribution in [3.8, 4) is 0 Å². The Morgan fingerprint density at radius 3 is 1.78 bits per heavy atom. The number of ether oxygens (including phenoxy) is 2. The Morgan fingerprint density at radius 2 is 1.17 bits per heavy atom. The van der Waals surface area contributed by atoms with E-state index < -0.39 is 38.6 Å². The summed E-state index contributed by atoms with van der Waals surface area (Å²) < 4.78 is 34.3. The summed E-state index contributed by atoms with van der Waals surface area (Å²) in [5, 5.41) is 10.2. The van der Waals surface area contributed by atoms with Gasteiger partial charge in [-0.05, 0) is 64.2 Å². The molecule has 0 aliphatic rings. The molecule has 0 spiro atoms. The van der Waals surface area contributed by atoms with Crippen molar-refractivity contribution in [2.24, 2.45) is 0 Å². The van der Waals surface area contributed by atoms with Gasteiger partial charge in [0.2, 0.25) is 0 Å². The molecular formula is C48H87NO9P+. The molecule has 0 bridgehead atoms. The van der Waals surface area contributed by atoms with Crippen LogP contribution in [0.15, 0.2) is 60.8 Å². The van der Waals surface area contributed by atoms with Crippen LogP contribution in [0.3, 0.4) is 0 Å². The van der Waals surface area contributed by atoms with Crippen molar-refractivity contribution in [3.63, 3.8) is 0 Å². The van der Waals surface area contributed by atoms with E-state index >= 15 is 0 Å². The number of quaternary nitrogens is 1. The summed E-state index contributed by atoms with van der Waals surface area (Å²) in [6, 6.07) is 0. The topological polar surface area (TPSA) is 129 Å². The number of unbranched alkanes of at least 4 members (excludes halogenated alkanes) is 16. The van der Waals surface area contributed by atoms with Crippen molar-refractivity contribution < 1.29 is 47.2 Å². The first kappa shape index (κ1) is 56.7. The summed E-state index contributed by atoms with van der Waals surface area (Å²) in [5.74, 6) is -0.883. The zero-order chi connectivity index (χ0) is 43.7. The second kappa shape index (κ2) is 39.8. The molecule has 11 heteroatoms. The molecule has 2 unspecified atom stereocenters. The normalized spacial score (nSPS) is 14.6. The SMILES string of the molecule is CC/C=C/C/C=C/C=C/C(O)CCCCCCCC(=O)O[C@H](COC(=O)CCCCCCCCCCC/C=C\C/C=C\CCCCC)COP(=O)(O)OCC[N+](C)(C)C. The standard InChI is InChI=1S/C48H86NO9P/c1-6-8-10-12-14-15-16-17-18-19-20-21-22-23-24-25-27-31-35-39-47(51)55-43-46(44-57-59(53,54)56-42-41-49(3,4)5)58-48(52)40-36-32-28-30-34-38-45(50)37-33-29-26-13-11-9-7-2/h9,11,14-15,17-18,26,29,33,37,45-46,50H,6-8,10,12-13,16,19-25,27-28,30-32,34-36,38-44H2,1-5H3/p+1/b11-9+,15-14-,18-17-,29-26+,37-33+/t45?,46-/m1/s1. The number of allylic oxidation sites excluding steroid dienone is 9. The van der Waals surface area contributed by atoms with E-state index in [-0.39, 0.29) is 26.1 Å². The third-order valence-electron chi connectivity index (χ3n) is 9.64. The lowest BCUT2D eigenvalue weighted by atomic mass is 10.1. The number of aliphatic hydroxyl groups is 1. The third kappa shape index (κ3) is 43.6. The number of phosphoric acid groups is 1. The summed E-state index contributed by atoms with van der Waals surface area (Å²) in [6.45, 7) is 4.14. The van der Waals surface area contributed by atoms with Crippen LogP contribution in [0, 0.1) is 0 Å². The lowest BCUT2D eigenvalue weighted by Crippen LogP contribution is -2.37. The minimum absolute atomic E-state index is 0.0104. The fraction of sp³-hybridized carbons (Fsp3) is 0.750. The fourth-order valence-electron chi connectivity index (χ4n) is 5.99. The van der Waals surface area contributed by atoms with Crippen molar-refractivity contribution in [3.05, 3.63) is 60.8 Å². The van der Waals surface area contributed by atoms with Gasteiger partial charge in [0, 0.05) is 12.8 Å². The predicted octanol–water partition coefficient (Wildman–Crippen LogP) is 12.2. The van der Waals surface area contributed by atoms with E-state index in [0.717, 1.165) is 77.0 Å². The average molecular weight is 853 g/mol. The third-order valence-corrected chi connectivity index (χ3v) is 10.6. The van der Waals surface area contributed by atoms with Crippen LogP contribution in [-0.4, -0.2) is 86.1 Å². The van der Waals surface area contributed by atoms with Gasteiger partial charge < -0.3 is 24.0 Å². The molecule has 0 radical (unpaired) electrons. The molecule has 59 heavy (non-hydrogen) atoms. The smallest absolute Gasteiger partial charge is 0.462 e. The van der Waals surface area contributed by atoms with E-state index in [4.69, 9.17) is 18.5 Å². The number of esters is 2. The number of aliphatic hydroxyl groups excluding tert-OH is 1. The van der Waals surface area contributed by atoms with E-state index in [1.54, 1.807) is 6.08 Å². The molecule has 0 saturated carbocycles. The maximum absolute atomic E-state index is 12.7. The lowest BCUT2D eigenvalue weighted by molar-refractivity contribution is -0.870. The molecule has 0 fully saturated rings. The van der Waals surface area contributed by atoms with Gasteiger partial charge in [0.25, 0.3) is 0 Å². The molecule has 0 aromatic carbocycles. The Bertz CT molecular complexity index is 1210. The molecule has 0 aliphatic carbocycles. The largest absolute Gasteiger partial charge is 0.472 e. The van der Waals surface area contributed by atoms with Gasteiger partial charge in [-0.15, -0.1) is 0 Å². The number of phosphoric ester groups is 1. The lowest BCUT2D eigenvalue weighted by Gasteiger charge is -2.24. The Morgan fingerprint density at radius 1 is 0.627 bits per heavy atom. The highest BCUT2D eigenvalue weighted by Crippen LogP contribution is 2.43. The van der Waals surface area contributed by atoms with Crippen molar-refractivity contribution in [2.75, 3.05) is 47.5 Å². The van der Waals surface area contributed by atoms with E-state index in [1.165, 1.54) is 57.8 Å². The van der Waals surface area contributed by atoms with Crippen LogP contribution >= 0.6 is 7.82 Å². The Hall–Kier alpha value is -2.33. The minimum Gasteiger partial charge on any atom is -0.462 e. The summed E-state index contributed by atoms with van der Waals surface area (Å²) in [7, 11) is 1.40. The number of nitrogens with zero attached hydrogens (tertiary/aromatic N) is 1. The molecule has 10 nitrogen and oxygen atoms in total. The number of likely N-dealkylation sites (N-methyl/N-ethyl adjacent to an activating group) is 1. The van der Waals surface area contributed by atoms with Gasteiger partial charge in [0.05, 0.1) is 33.9 Å². The van der Waals surface area contributed by atoms with Crippen LogP contribution in [0.1, 0.15) is 174 Å². The molecule has 0 aromatic heterocycles. The average Bonchev–Trinajstić information content (AvgIpc) is 3.18. The molecule has 0 amide bonds. The predicted molar refractivity (Wildman–Crippen MR) is 244 cm³/mol. The van der Waals surface area contributed by atoms with Gasteiger partial charge in [-0.25, -0.2) is 4.57 Å². The first-order chi connectivity index (χ1) is 28.4. The highest BCUT2D eigenvalue weighted by molar-refractivity contribution is 7.47. The Balaban J connectivity index is 4.40. The number of carbonyl (C=O) groups excluding carboxylic acids is 2. The van der Waals surface area contributed by atoms with Crippen LogP contribution in [0.4, 0.5) is 0 Å². The van der Waals surface area contributed by atoms with Gasteiger partial charge in [0.1, 0.15) is 19.8 Å². The molecular weight excluding hydrogens is 766 g/mol. The molecule has 342 valence electrons. The zero-order valence-corrected chi connectivity index (χ0v) is 39.0. The molecule has 0 saturated heterocycles. The first-order valence-corrected chi connectivity index (χ1v) is 24.6. The van der Waals surface area contributed by atoms with Gasteiger partial charge in [0.15, 0.2) is 6.10 Å². The van der Waals surface area contributed by atoms with Crippen molar-refractivity contribution in [1.82, 2.24) is 0 Å². The van der Waals surface area contributed by atoms with Crippen LogP contribution in [-0.2, 0) is 32.7 Å². The monoisotopic (exact) mass is 853 g/mol. The van der Waals surface area contributed by atoms with Crippen LogP contribution < -0.4 is 0 Å². The molecule has 0 aliphatic heterocycles. The molecule has 0 heterocycles. The van der Waals surface area contributed by atoms with Crippen LogP contribution in [0.25, 0.3) is 0 Å². The van der Waals surface area contributed by atoms with Crippen LogP contribution in [0.5, 0.6) is 0 Å². The maximum Gasteiger partial charge on any atom is 0.472 e. The Labute approximate surface area is 360 Å². The molecule has 0 aromatic rings. The summed E-state index contributed by atoms with van der Waals surface area (Å²) in [6.07, 6.45) is 44.3. The van der Waals surface area contributed by atoms with Gasteiger partial charge in [-0.3, -0.25) is 18.6 Å². The number of carbonyl (C=O) groups is 2. The highest BCUT2D eigenvalue weighted by Gasteiger charge is 2.27. The van der Waals surface area contributed by atoms with E-state index in [9.17, 15) is 24.2 Å². The fourth-order valence-corrected chi connectivity index (χ4v) is 6.73. The first-order valence-electron chi connectivity index (χ1n) is 23.1. The number of hydrogen-bond donors (Lipinski definition) is 2. The molecule has 0 rings (SSSR count). The van der Waals surface area contributed by atoms with E-state index in [1.807, 2.05) is 33.3 Å². The number of rotatable bonds is 41. The van der Waals surface area contributed by atoms with Crippen molar-refractivity contribution >= 4 is 19.8 Å². The van der Waals surface area contributed by atoms with Crippen LogP contribution in [0.2, 0.25) is 0 Å². The van der Waals surface area contributed by atoms with E-state index in [2.05, 4.69) is 56.4 Å². The Kier molecular flexibility index (Phi) is 38.2. The summed E-state index contributed by atoms with van der Waals surface area (Å²) in [4.78, 5) is 35.4. The quantitative estimate of drug-likeness (QED) is 0.0154. The molecule has 2 N–H and O–H groups in total. The second-order valence-corrected chi connectivity index (χ2v) is 18.1. The summed E-state index contributed by atoms with van der Waals surface area (Å²) in [5.41, 5.74) is 0. The maximum atomic E-state index is 12.7. The highest BCUT2D eigenvalue weighted by atomic mass is 31.2. The van der Waals surface area contributed by atoms with Crippen molar-refractivity contribution in [2.45, 2.75) is 187 Å². The van der Waals surface area contributed by atoms with E-state index in [0.29, 0.717) is 23.9 Å². The van der Waals surface area contributed by atoms with Gasteiger partial charge >= 0.3 is 19.8 Å². The minimum atomic E-state index is -4.41.